The van der Waals surface area contributed by atoms with E-state index < -0.39 is 5.97 Å². The summed E-state index contributed by atoms with van der Waals surface area (Å²) in [6, 6.07) is 5.21. The third kappa shape index (κ3) is 1.91. The molecule has 2 aromatic rings. The molecule has 4 heteroatoms. The molecule has 0 aliphatic rings. The fraction of sp³-hybridized carbons (Fsp3) is 0.0833. The van der Waals surface area contributed by atoms with Gasteiger partial charge in [0.1, 0.15) is 5.69 Å². The highest BCUT2D eigenvalue weighted by atomic mass is 16.4. The van der Waals surface area contributed by atoms with E-state index in [0.717, 1.165) is 16.7 Å². The zero-order valence-electron chi connectivity index (χ0n) is 8.71. The molecule has 1 N–H and O–H groups in total. The molecule has 80 valence electrons. The monoisotopic (exact) mass is 214 g/mol. The third-order valence-corrected chi connectivity index (χ3v) is 2.33. The van der Waals surface area contributed by atoms with Gasteiger partial charge in [-0.05, 0) is 36.2 Å². The number of pyridine rings is 2. The Morgan fingerprint density at radius 3 is 2.81 bits per heavy atom. The van der Waals surface area contributed by atoms with E-state index >= 15 is 0 Å². The molecular formula is C12H10N2O2. The predicted octanol–water partition coefficient (Wildman–Crippen LogP) is 2.15. The zero-order valence-corrected chi connectivity index (χ0v) is 8.71. The van der Waals surface area contributed by atoms with Crippen LogP contribution in [0, 0.1) is 6.92 Å². The van der Waals surface area contributed by atoms with Crippen LogP contribution in [0.15, 0.2) is 36.8 Å². The standard InChI is InChI=1S/C12H10N2O2/c1-8-2-4-13-7-10(8)9-3-5-14-11(6-9)12(15)16/h2-7H,1H3,(H,15,16). The zero-order chi connectivity index (χ0) is 11.5. The van der Waals surface area contributed by atoms with Crippen molar-refractivity contribution in [2.45, 2.75) is 6.92 Å². The lowest BCUT2D eigenvalue weighted by Crippen LogP contribution is -1.99. The molecule has 0 amide bonds. The maximum absolute atomic E-state index is 10.8. The number of hydrogen-bond donors (Lipinski definition) is 1. The summed E-state index contributed by atoms with van der Waals surface area (Å²) in [4.78, 5) is 18.6. The van der Waals surface area contributed by atoms with Crippen molar-refractivity contribution < 1.29 is 9.90 Å². The highest BCUT2D eigenvalue weighted by Gasteiger charge is 2.07. The first-order chi connectivity index (χ1) is 7.68. The average Bonchev–Trinajstić information content (AvgIpc) is 2.30. The van der Waals surface area contributed by atoms with Gasteiger partial charge in [0.15, 0.2) is 0 Å². The minimum Gasteiger partial charge on any atom is -0.477 e. The molecule has 0 fully saturated rings. The molecule has 0 saturated heterocycles. The maximum atomic E-state index is 10.8. The summed E-state index contributed by atoms with van der Waals surface area (Å²) >= 11 is 0. The third-order valence-electron chi connectivity index (χ3n) is 2.33. The van der Waals surface area contributed by atoms with Crippen molar-refractivity contribution in [1.82, 2.24) is 9.97 Å². The Morgan fingerprint density at radius 1 is 1.31 bits per heavy atom. The van der Waals surface area contributed by atoms with Crippen molar-refractivity contribution in [2.75, 3.05) is 0 Å². The van der Waals surface area contributed by atoms with E-state index in [1.54, 1.807) is 24.5 Å². The van der Waals surface area contributed by atoms with Crippen LogP contribution >= 0.6 is 0 Å². The second kappa shape index (κ2) is 4.10. The lowest BCUT2D eigenvalue weighted by molar-refractivity contribution is 0.0690. The number of carboxylic acids is 1. The van der Waals surface area contributed by atoms with Gasteiger partial charge in [-0.25, -0.2) is 9.78 Å². The minimum atomic E-state index is -1.02. The highest BCUT2D eigenvalue weighted by Crippen LogP contribution is 2.21. The van der Waals surface area contributed by atoms with Crippen molar-refractivity contribution in [3.8, 4) is 11.1 Å². The van der Waals surface area contributed by atoms with Crippen molar-refractivity contribution in [3.05, 3.63) is 48.0 Å². The number of aromatic carboxylic acids is 1. The molecule has 2 aromatic heterocycles. The Morgan fingerprint density at radius 2 is 2.12 bits per heavy atom. The van der Waals surface area contributed by atoms with Gasteiger partial charge in [-0.1, -0.05) is 0 Å². The van der Waals surface area contributed by atoms with Gasteiger partial charge in [0, 0.05) is 24.2 Å². The van der Waals surface area contributed by atoms with Crippen molar-refractivity contribution in [3.63, 3.8) is 0 Å². The summed E-state index contributed by atoms with van der Waals surface area (Å²) in [5.74, 6) is -1.02. The largest absolute Gasteiger partial charge is 0.477 e. The number of hydrogen-bond acceptors (Lipinski definition) is 3. The molecule has 2 heterocycles. The van der Waals surface area contributed by atoms with Crippen molar-refractivity contribution >= 4 is 5.97 Å². The molecule has 0 atom stereocenters. The van der Waals surface area contributed by atoms with Gasteiger partial charge >= 0.3 is 5.97 Å². The molecule has 0 aliphatic heterocycles. The molecule has 2 rings (SSSR count). The molecule has 0 unspecified atom stereocenters. The van der Waals surface area contributed by atoms with Gasteiger partial charge in [-0.15, -0.1) is 0 Å². The van der Waals surface area contributed by atoms with Gasteiger partial charge < -0.3 is 5.11 Å². The summed E-state index contributed by atoms with van der Waals surface area (Å²) in [6.45, 7) is 1.96. The summed E-state index contributed by atoms with van der Waals surface area (Å²) in [5.41, 5.74) is 2.84. The highest BCUT2D eigenvalue weighted by molar-refractivity contribution is 5.87. The predicted molar refractivity (Wildman–Crippen MR) is 59.2 cm³/mol. The van der Waals surface area contributed by atoms with Gasteiger partial charge in [-0.2, -0.15) is 0 Å². The Balaban J connectivity index is 2.53. The summed E-state index contributed by atoms with van der Waals surface area (Å²) in [7, 11) is 0. The van der Waals surface area contributed by atoms with E-state index in [0.29, 0.717) is 0 Å². The number of aryl methyl sites for hydroxylation is 1. The van der Waals surface area contributed by atoms with Crippen LogP contribution in [-0.4, -0.2) is 21.0 Å². The Bertz CT molecular complexity index is 538. The molecular weight excluding hydrogens is 204 g/mol. The number of carbonyl (C=O) groups is 1. The Hall–Kier alpha value is -2.23. The fourth-order valence-electron chi connectivity index (χ4n) is 1.48. The molecule has 0 spiro atoms. The fourth-order valence-corrected chi connectivity index (χ4v) is 1.48. The van der Waals surface area contributed by atoms with E-state index in [4.69, 9.17) is 5.11 Å². The molecule has 0 aliphatic carbocycles. The Kier molecular flexibility index (Phi) is 2.64. The Labute approximate surface area is 92.6 Å². The minimum absolute atomic E-state index is 0.0424. The van der Waals surface area contributed by atoms with E-state index in [2.05, 4.69) is 9.97 Å². The lowest BCUT2D eigenvalue weighted by atomic mass is 10.0. The molecule has 0 saturated carbocycles. The summed E-state index contributed by atoms with van der Waals surface area (Å²) in [6.07, 6.45) is 4.92. The van der Waals surface area contributed by atoms with Gasteiger partial charge in [0.05, 0.1) is 0 Å². The SMILES string of the molecule is Cc1ccncc1-c1ccnc(C(=O)O)c1. The number of aromatic nitrogens is 2. The normalized spacial score (nSPS) is 10.1. The smallest absolute Gasteiger partial charge is 0.354 e. The van der Waals surface area contributed by atoms with Gasteiger partial charge in [-0.3, -0.25) is 4.98 Å². The van der Waals surface area contributed by atoms with Gasteiger partial charge in [0.2, 0.25) is 0 Å². The van der Waals surface area contributed by atoms with E-state index in [-0.39, 0.29) is 5.69 Å². The van der Waals surface area contributed by atoms with E-state index in [9.17, 15) is 4.79 Å². The van der Waals surface area contributed by atoms with Crippen LogP contribution in [0.2, 0.25) is 0 Å². The van der Waals surface area contributed by atoms with E-state index in [1.165, 1.54) is 6.20 Å². The summed E-state index contributed by atoms with van der Waals surface area (Å²) < 4.78 is 0. The van der Waals surface area contributed by atoms with Crippen LogP contribution < -0.4 is 0 Å². The first kappa shape index (κ1) is 10.3. The molecule has 16 heavy (non-hydrogen) atoms. The van der Waals surface area contributed by atoms with Crippen LogP contribution in [0.25, 0.3) is 11.1 Å². The first-order valence-corrected chi connectivity index (χ1v) is 4.79. The number of rotatable bonds is 2. The number of nitrogens with zero attached hydrogens (tertiary/aromatic N) is 2. The second-order valence-corrected chi connectivity index (χ2v) is 3.43. The first-order valence-electron chi connectivity index (χ1n) is 4.79. The summed E-state index contributed by atoms with van der Waals surface area (Å²) in [5, 5.41) is 8.85. The van der Waals surface area contributed by atoms with Crippen LogP contribution in [0.3, 0.4) is 0 Å². The van der Waals surface area contributed by atoms with Gasteiger partial charge in [0.25, 0.3) is 0 Å². The lowest BCUT2D eigenvalue weighted by Gasteiger charge is -2.05. The molecule has 0 aromatic carbocycles. The molecule has 4 nitrogen and oxygen atoms in total. The van der Waals surface area contributed by atoms with Crippen LogP contribution in [0.1, 0.15) is 16.1 Å². The number of carboxylic acid groups (broad SMARTS) is 1. The van der Waals surface area contributed by atoms with Crippen molar-refractivity contribution in [1.29, 1.82) is 0 Å². The van der Waals surface area contributed by atoms with E-state index in [1.807, 2.05) is 13.0 Å². The maximum Gasteiger partial charge on any atom is 0.354 e. The average molecular weight is 214 g/mol. The van der Waals surface area contributed by atoms with Crippen molar-refractivity contribution in [2.24, 2.45) is 0 Å². The second-order valence-electron chi connectivity index (χ2n) is 3.43. The van der Waals surface area contributed by atoms with Crippen LogP contribution in [0.4, 0.5) is 0 Å². The quantitative estimate of drug-likeness (QED) is 0.831. The molecule has 0 radical (unpaired) electrons. The van der Waals surface area contributed by atoms with Crippen LogP contribution in [0.5, 0.6) is 0 Å². The molecule has 0 bridgehead atoms. The van der Waals surface area contributed by atoms with Crippen LogP contribution in [-0.2, 0) is 0 Å². The topological polar surface area (TPSA) is 63.1 Å².